The summed E-state index contributed by atoms with van der Waals surface area (Å²) in [5.41, 5.74) is 2.22. The van der Waals surface area contributed by atoms with Gasteiger partial charge in [-0.15, -0.1) is 11.3 Å². The van der Waals surface area contributed by atoms with Gasteiger partial charge < -0.3 is 0 Å². The molecule has 5 heteroatoms. The summed E-state index contributed by atoms with van der Waals surface area (Å²) in [6.45, 7) is 6.49. The first-order chi connectivity index (χ1) is 10.1. The number of hydrogen-bond acceptors (Lipinski definition) is 4. The van der Waals surface area contributed by atoms with E-state index in [4.69, 9.17) is 0 Å². The van der Waals surface area contributed by atoms with E-state index >= 15 is 0 Å². The highest BCUT2D eigenvalue weighted by Crippen LogP contribution is 2.30. The molecule has 0 saturated heterocycles. The van der Waals surface area contributed by atoms with Gasteiger partial charge in [0.15, 0.2) is 0 Å². The molecular weight excluding hydrogens is 280 g/mol. The van der Waals surface area contributed by atoms with E-state index in [1.54, 1.807) is 23.7 Å². The standard InChI is InChI=1S/C16H18N4S/c1-11(2)9-15-19-10-14(21-15)13-6-5-12(3)20(13)16-17-7-4-8-18-16/h4-8,10-11H,9H2,1-3H3. The van der Waals surface area contributed by atoms with Crippen LogP contribution in [0.5, 0.6) is 0 Å². The average molecular weight is 298 g/mol. The quantitative estimate of drug-likeness (QED) is 0.733. The van der Waals surface area contributed by atoms with Crippen LogP contribution in [-0.4, -0.2) is 19.5 Å². The molecule has 21 heavy (non-hydrogen) atoms. The van der Waals surface area contributed by atoms with Crippen molar-refractivity contribution in [3.8, 4) is 16.5 Å². The van der Waals surface area contributed by atoms with Gasteiger partial charge in [-0.05, 0) is 31.0 Å². The van der Waals surface area contributed by atoms with E-state index in [9.17, 15) is 0 Å². The minimum atomic E-state index is 0.620. The number of nitrogens with zero attached hydrogens (tertiary/aromatic N) is 4. The predicted molar refractivity (Wildman–Crippen MR) is 85.7 cm³/mol. The number of thiazole rings is 1. The largest absolute Gasteiger partial charge is 0.282 e. The maximum Gasteiger partial charge on any atom is 0.234 e. The summed E-state index contributed by atoms with van der Waals surface area (Å²) in [4.78, 5) is 14.4. The van der Waals surface area contributed by atoms with Crippen molar-refractivity contribution in [1.29, 1.82) is 0 Å². The lowest BCUT2D eigenvalue weighted by atomic mass is 10.1. The molecule has 3 rings (SSSR count). The van der Waals surface area contributed by atoms with Crippen molar-refractivity contribution >= 4 is 11.3 Å². The van der Waals surface area contributed by atoms with Crippen molar-refractivity contribution in [1.82, 2.24) is 19.5 Å². The Morgan fingerprint density at radius 1 is 1.14 bits per heavy atom. The first-order valence-corrected chi connectivity index (χ1v) is 7.87. The molecule has 0 fully saturated rings. The monoisotopic (exact) mass is 298 g/mol. The zero-order valence-corrected chi connectivity index (χ0v) is 13.3. The van der Waals surface area contributed by atoms with Gasteiger partial charge in [0.25, 0.3) is 0 Å². The van der Waals surface area contributed by atoms with Crippen LogP contribution in [0.2, 0.25) is 0 Å². The fourth-order valence-corrected chi connectivity index (χ4v) is 3.42. The Morgan fingerprint density at radius 2 is 1.90 bits per heavy atom. The fraction of sp³-hybridized carbons (Fsp3) is 0.312. The van der Waals surface area contributed by atoms with E-state index in [0.717, 1.165) is 22.7 Å². The highest BCUT2D eigenvalue weighted by atomic mass is 32.1. The fourth-order valence-electron chi connectivity index (χ4n) is 2.28. The Morgan fingerprint density at radius 3 is 2.62 bits per heavy atom. The predicted octanol–water partition coefficient (Wildman–Crippen LogP) is 3.90. The van der Waals surface area contributed by atoms with Crippen molar-refractivity contribution in [2.45, 2.75) is 27.2 Å². The number of aromatic nitrogens is 4. The van der Waals surface area contributed by atoms with E-state index in [1.807, 2.05) is 12.3 Å². The maximum absolute atomic E-state index is 4.54. The third-order valence-corrected chi connectivity index (χ3v) is 4.26. The molecule has 3 heterocycles. The van der Waals surface area contributed by atoms with Crippen molar-refractivity contribution in [2.75, 3.05) is 0 Å². The Hall–Kier alpha value is -2.01. The van der Waals surface area contributed by atoms with E-state index < -0.39 is 0 Å². The van der Waals surface area contributed by atoms with Gasteiger partial charge in [0.1, 0.15) is 0 Å². The van der Waals surface area contributed by atoms with Gasteiger partial charge in [-0.2, -0.15) is 0 Å². The summed E-state index contributed by atoms with van der Waals surface area (Å²) in [7, 11) is 0. The Labute approximate surface area is 128 Å². The molecule has 0 atom stereocenters. The molecule has 0 radical (unpaired) electrons. The van der Waals surface area contributed by atoms with Gasteiger partial charge in [-0.25, -0.2) is 15.0 Å². The summed E-state index contributed by atoms with van der Waals surface area (Å²) < 4.78 is 2.08. The number of rotatable bonds is 4. The van der Waals surface area contributed by atoms with Gasteiger partial charge in [0.05, 0.1) is 15.6 Å². The second-order valence-electron chi connectivity index (χ2n) is 5.46. The minimum absolute atomic E-state index is 0.620. The molecule has 0 N–H and O–H groups in total. The molecule has 0 unspecified atom stereocenters. The number of hydrogen-bond donors (Lipinski definition) is 0. The molecule has 0 aliphatic heterocycles. The molecule has 0 aliphatic carbocycles. The zero-order chi connectivity index (χ0) is 14.8. The zero-order valence-electron chi connectivity index (χ0n) is 12.4. The summed E-state index contributed by atoms with van der Waals surface area (Å²) in [6, 6.07) is 6.03. The second-order valence-corrected chi connectivity index (χ2v) is 6.58. The summed E-state index contributed by atoms with van der Waals surface area (Å²) in [5, 5.41) is 1.18. The van der Waals surface area contributed by atoms with Crippen LogP contribution in [0.3, 0.4) is 0 Å². The summed E-state index contributed by atoms with van der Waals surface area (Å²) in [5.74, 6) is 1.32. The van der Waals surface area contributed by atoms with Crippen molar-refractivity contribution < 1.29 is 0 Å². The van der Waals surface area contributed by atoms with E-state index in [0.29, 0.717) is 11.9 Å². The average Bonchev–Trinajstić information content (AvgIpc) is 3.05. The first kappa shape index (κ1) is 13.9. The Bertz CT molecular complexity index is 728. The van der Waals surface area contributed by atoms with Gasteiger partial charge in [-0.3, -0.25) is 4.57 Å². The molecular formula is C16H18N4S. The van der Waals surface area contributed by atoms with Crippen LogP contribution in [0.1, 0.15) is 24.5 Å². The van der Waals surface area contributed by atoms with E-state index in [-0.39, 0.29) is 0 Å². The summed E-state index contributed by atoms with van der Waals surface area (Å²) in [6.07, 6.45) is 6.51. The maximum atomic E-state index is 4.54. The Balaban J connectivity index is 2.02. The van der Waals surface area contributed by atoms with Crippen LogP contribution in [-0.2, 0) is 6.42 Å². The van der Waals surface area contributed by atoms with Crippen molar-refractivity contribution in [3.63, 3.8) is 0 Å². The first-order valence-electron chi connectivity index (χ1n) is 7.06. The third kappa shape index (κ3) is 2.88. The normalized spacial score (nSPS) is 11.2. The van der Waals surface area contributed by atoms with E-state index in [1.165, 1.54) is 5.01 Å². The Kier molecular flexibility index (Phi) is 3.84. The molecule has 0 spiro atoms. The van der Waals surface area contributed by atoms with Crippen molar-refractivity contribution in [3.05, 3.63) is 47.5 Å². The topological polar surface area (TPSA) is 43.6 Å². The lowest BCUT2D eigenvalue weighted by Gasteiger charge is -2.07. The highest BCUT2D eigenvalue weighted by Gasteiger charge is 2.14. The smallest absolute Gasteiger partial charge is 0.234 e. The SMILES string of the molecule is Cc1ccc(-c2cnc(CC(C)C)s2)n1-c1ncccn1. The van der Waals surface area contributed by atoms with Crippen LogP contribution >= 0.6 is 11.3 Å². The van der Waals surface area contributed by atoms with Gasteiger partial charge in [0.2, 0.25) is 5.95 Å². The molecule has 108 valence electrons. The molecule has 0 bridgehead atoms. The van der Waals surface area contributed by atoms with Crippen molar-refractivity contribution in [2.24, 2.45) is 5.92 Å². The number of aryl methyl sites for hydroxylation is 1. The van der Waals surface area contributed by atoms with Gasteiger partial charge >= 0.3 is 0 Å². The van der Waals surface area contributed by atoms with Gasteiger partial charge in [-0.1, -0.05) is 13.8 Å². The molecule has 3 aromatic heterocycles. The molecule has 4 nitrogen and oxygen atoms in total. The van der Waals surface area contributed by atoms with Crippen LogP contribution < -0.4 is 0 Å². The molecule has 0 amide bonds. The molecule has 0 aliphatic rings. The lowest BCUT2D eigenvalue weighted by Crippen LogP contribution is -2.03. The molecule has 0 saturated carbocycles. The lowest BCUT2D eigenvalue weighted by molar-refractivity contribution is 0.644. The molecule has 3 aromatic rings. The highest BCUT2D eigenvalue weighted by molar-refractivity contribution is 7.15. The van der Waals surface area contributed by atoms with Crippen LogP contribution in [0.25, 0.3) is 16.5 Å². The minimum Gasteiger partial charge on any atom is -0.282 e. The summed E-state index contributed by atoms with van der Waals surface area (Å²) >= 11 is 1.75. The second kappa shape index (κ2) is 5.77. The van der Waals surface area contributed by atoms with Crippen LogP contribution in [0.4, 0.5) is 0 Å². The third-order valence-electron chi connectivity index (χ3n) is 3.22. The molecule has 0 aromatic carbocycles. The van der Waals surface area contributed by atoms with Crippen LogP contribution in [0, 0.1) is 12.8 Å². The van der Waals surface area contributed by atoms with Crippen LogP contribution in [0.15, 0.2) is 36.8 Å². The van der Waals surface area contributed by atoms with Gasteiger partial charge in [0, 0.05) is 30.7 Å². The van der Waals surface area contributed by atoms with E-state index in [2.05, 4.69) is 52.4 Å².